The molecule has 0 aliphatic rings. The average molecular weight is 372 g/mol. The predicted octanol–water partition coefficient (Wildman–Crippen LogP) is 2.21. The van der Waals surface area contributed by atoms with E-state index in [9.17, 15) is 9.32 Å². The Bertz CT molecular complexity index is 616. The highest BCUT2D eigenvalue weighted by molar-refractivity contribution is 7.86. The lowest BCUT2D eigenvalue weighted by Gasteiger charge is -2.22. The van der Waals surface area contributed by atoms with Crippen molar-refractivity contribution in [2.45, 2.75) is 58.8 Å². The zero-order chi connectivity index (χ0) is 19.3. The van der Waals surface area contributed by atoms with Gasteiger partial charge in [0.2, 0.25) is 0 Å². The Morgan fingerprint density at radius 2 is 1.92 bits per heavy atom. The van der Waals surface area contributed by atoms with Crippen molar-refractivity contribution in [2.24, 2.45) is 4.99 Å². The van der Waals surface area contributed by atoms with Crippen LogP contribution in [0, 0.1) is 13.8 Å². The van der Waals surface area contributed by atoms with E-state index < -0.39 is 16.4 Å². The van der Waals surface area contributed by atoms with Gasteiger partial charge in [-0.2, -0.15) is 0 Å². The lowest BCUT2D eigenvalue weighted by Crippen LogP contribution is -2.41. The molecule has 0 saturated heterocycles. The van der Waals surface area contributed by atoms with Gasteiger partial charge in [-0.1, -0.05) is 0 Å². The Kier molecular flexibility index (Phi) is 7.68. The molecule has 0 fully saturated rings. The Morgan fingerprint density at radius 1 is 1.28 bits per heavy atom. The van der Waals surface area contributed by atoms with Crippen LogP contribution in [0.2, 0.25) is 0 Å². The smallest absolute Gasteiger partial charge is 0.191 e. The van der Waals surface area contributed by atoms with E-state index in [1.54, 1.807) is 6.92 Å². The molecule has 6 nitrogen and oxygen atoms in total. The number of rotatable bonds is 7. The summed E-state index contributed by atoms with van der Waals surface area (Å²) in [6.45, 7) is 14.8. The van der Waals surface area contributed by atoms with Crippen molar-refractivity contribution >= 4 is 16.8 Å². The van der Waals surface area contributed by atoms with Gasteiger partial charge in [-0.3, -0.25) is 4.21 Å². The van der Waals surface area contributed by atoms with Gasteiger partial charge in [0, 0.05) is 40.0 Å². The molecule has 0 radical (unpaired) electrons. The Morgan fingerprint density at radius 3 is 2.40 bits per heavy atom. The third kappa shape index (κ3) is 6.82. The molecule has 1 aromatic heterocycles. The third-order valence-corrected chi connectivity index (χ3v) is 5.71. The number of guanidine groups is 1. The topological polar surface area (TPSA) is 86.9 Å². The zero-order valence-electron chi connectivity index (χ0n) is 16.5. The monoisotopic (exact) mass is 371 g/mol. The molecule has 0 spiro atoms. The quantitative estimate of drug-likeness (QED) is 0.505. The van der Waals surface area contributed by atoms with E-state index in [1.165, 1.54) is 0 Å². The minimum absolute atomic E-state index is 0.199. The highest BCUT2D eigenvalue weighted by atomic mass is 32.2. The number of hydrogen-bond acceptors (Lipinski definition) is 4. The van der Waals surface area contributed by atoms with Crippen LogP contribution in [0.4, 0.5) is 0 Å². The minimum atomic E-state index is -1.11. The van der Waals surface area contributed by atoms with Crippen molar-refractivity contribution in [3.63, 3.8) is 0 Å². The third-order valence-electron chi connectivity index (χ3n) is 3.77. The van der Waals surface area contributed by atoms with Gasteiger partial charge in [0.25, 0.3) is 0 Å². The van der Waals surface area contributed by atoms with Crippen LogP contribution in [0.3, 0.4) is 0 Å². The van der Waals surface area contributed by atoms with Crippen LogP contribution in [0.15, 0.2) is 15.5 Å². The molecule has 0 saturated carbocycles. The normalized spacial score (nSPS) is 16.4. The highest BCUT2D eigenvalue weighted by Crippen LogP contribution is 2.27. The first-order valence-corrected chi connectivity index (χ1v) is 10.00. The molecule has 1 heterocycles. The maximum atomic E-state index is 12.1. The maximum absolute atomic E-state index is 12.1. The van der Waals surface area contributed by atoms with E-state index in [0.29, 0.717) is 30.6 Å². The van der Waals surface area contributed by atoms with Gasteiger partial charge in [0.1, 0.15) is 17.1 Å². The van der Waals surface area contributed by atoms with E-state index in [1.807, 2.05) is 47.6 Å². The van der Waals surface area contributed by atoms with Crippen LogP contribution in [0.25, 0.3) is 0 Å². The van der Waals surface area contributed by atoms with Gasteiger partial charge < -0.3 is 20.2 Å². The summed E-state index contributed by atoms with van der Waals surface area (Å²) in [6.07, 6.45) is 0. The molecule has 0 aliphatic heterocycles. The molecular weight excluding hydrogens is 338 g/mol. The summed E-state index contributed by atoms with van der Waals surface area (Å²) in [4.78, 5) is 4.47. The first-order valence-electron chi connectivity index (χ1n) is 8.68. The van der Waals surface area contributed by atoms with Crippen molar-refractivity contribution < 1.29 is 13.7 Å². The highest BCUT2D eigenvalue weighted by Gasteiger charge is 2.27. The molecule has 2 unspecified atom stereocenters. The summed E-state index contributed by atoms with van der Waals surface area (Å²) in [5.74, 6) is 2.62. The van der Waals surface area contributed by atoms with E-state index in [0.717, 1.165) is 11.3 Å². The Hall–Kier alpha value is -1.34. The summed E-state index contributed by atoms with van der Waals surface area (Å²) in [6, 6.07) is 1.84. The van der Waals surface area contributed by atoms with Crippen molar-refractivity contribution in [2.75, 3.05) is 25.4 Å². The minimum Gasteiger partial charge on any atom is -0.466 e. The van der Waals surface area contributed by atoms with E-state index >= 15 is 0 Å². The lowest BCUT2D eigenvalue weighted by molar-refractivity contribution is 0.0657. The summed E-state index contributed by atoms with van der Waals surface area (Å²) in [5.41, 5.74) is -0.364. The maximum Gasteiger partial charge on any atom is 0.191 e. The van der Waals surface area contributed by atoms with Crippen molar-refractivity contribution in [3.8, 4) is 0 Å². The standard InChI is InChI=1S/C18H33N3O3S/c1-8-19-16(20-9-10-25(23)17(4,5)6)21-12-18(7,22)15-11-13(2)24-14(15)3/h11,22H,8-10,12H2,1-7H3,(H2,19,20,21). The van der Waals surface area contributed by atoms with Crippen molar-refractivity contribution in [1.29, 1.82) is 0 Å². The second-order valence-corrected chi connectivity index (χ2v) is 9.71. The van der Waals surface area contributed by atoms with Crippen LogP contribution in [-0.4, -0.2) is 45.4 Å². The van der Waals surface area contributed by atoms with Gasteiger partial charge in [-0.05, 0) is 54.5 Å². The predicted molar refractivity (Wildman–Crippen MR) is 104 cm³/mol. The van der Waals surface area contributed by atoms with Crippen molar-refractivity contribution in [3.05, 3.63) is 23.2 Å². The molecule has 0 amide bonds. The first-order chi connectivity index (χ1) is 11.5. The largest absolute Gasteiger partial charge is 0.466 e. The number of hydrogen-bond donors (Lipinski definition) is 3. The Labute approximate surface area is 153 Å². The number of aliphatic hydroxyl groups is 1. The van der Waals surface area contributed by atoms with Crippen LogP contribution in [0.1, 0.15) is 51.7 Å². The molecule has 7 heteroatoms. The SMILES string of the molecule is CCNC(=NCC(C)(O)c1cc(C)oc1C)NCCS(=O)C(C)(C)C. The summed E-state index contributed by atoms with van der Waals surface area (Å²) in [7, 11) is -0.916. The second kappa shape index (κ2) is 8.85. The van der Waals surface area contributed by atoms with Gasteiger partial charge >= 0.3 is 0 Å². The van der Waals surface area contributed by atoms with Crippen molar-refractivity contribution in [1.82, 2.24) is 10.6 Å². The number of furan rings is 1. The Balaban J connectivity index is 2.71. The molecule has 0 bridgehead atoms. The molecule has 2 atom stereocenters. The van der Waals surface area contributed by atoms with Crippen LogP contribution < -0.4 is 10.6 Å². The van der Waals surface area contributed by atoms with E-state index in [4.69, 9.17) is 4.42 Å². The fourth-order valence-electron chi connectivity index (χ4n) is 2.39. The van der Waals surface area contributed by atoms with Gasteiger partial charge in [-0.25, -0.2) is 4.99 Å². The molecule has 1 aromatic rings. The molecule has 25 heavy (non-hydrogen) atoms. The van der Waals surface area contributed by atoms with E-state index in [2.05, 4.69) is 15.6 Å². The molecule has 3 N–H and O–H groups in total. The average Bonchev–Trinajstić information content (AvgIpc) is 2.83. The summed E-state index contributed by atoms with van der Waals surface area (Å²) >= 11 is 0. The van der Waals surface area contributed by atoms with E-state index in [-0.39, 0.29) is 11.3 Å². The van der Waals surface area contributed by atoms with Gasteiger partial charge in [0.15, 0.2) is 5.96 Å². The lowest BCUT2D eigenvalue weighted by atomic mass is 9.96. The molecule has 0 aromatic carbocycles. The van der Waals surface area contributed by atoms with Crippen LogP contribution >= 0.6 is 0 Å². The molecule has 0 aliphatic carbocycles. The number of aliphatic imine (C=N–C) groups is 1. The van der Waals surface area contributed by atoms with Gasteiger partial charge in [0.05, 0.1) is 6.54 Å². The second-order valence-electron chi connectivity index (χ2n) is 7.38. The molecule has 1 rings (SSSR count). The van der Waals surface area contributed by atoms with Crippen LogP contribution in [-0.2, 0) is 16.4 Å². The molecule has 144 valence electrons. The fourth-order valence-corrected chi connectivity index (χ4v) is 3.29. The van der Waals surface area contributed by atoms with Crippen LogP contribution in [0.5, 0.6) is 0 Å². The zero-order valence-corrected chi connectivity index (χ0v) is 17.3. The number of aryl methyl sites for hydroxylation is 2. The molecular formula is C18H33N3O3S. The number of nitrogens with zero attached hydrogens (tertiary/aromatic N) is 1. The van der Waals surface area contributed by atoms with Gasteiger partial charge in [-0.15, -0.1) is 0 Å². The fraction of sp³-hybridized carbons (Fsp3) is 0.722. The summed E-state index contributed by atoms with van der Waals surface area (Å²) in [5, 5.41) is 17.1. The number of nitrogens with one attached hydrogen (secondary N) is 2. The first kappa shape index (κ1) is 21.7. The summed E-state index contributed by atoms with van der Waals surface area (Å²) < 4.78 is 17.4.